The van der Waals surface area contributed by atoms with Crippen LogP contribution in [0.1, 0.15) is 22.8 Å². The molecule has 6 nitrogen and oxygen atoms in total. The largest absolute Gasteiger partial charge is 0.497 e. The van der Waals surface area contributed by atoms with E-state index in [9.17, 15) is 9.59 Å². The van der Waals surface area contributed by atoms with Crippen LogP contribution in [0.15, 0.2) is 47.4 Å². The molecule has 0 bridgehead atoms. The second-order valence-corrected chi connectivity index (χ2v) is 7.57. The molecule has 0 atom stereocenters. The van der Waals surface area contributed by atoms with Crippen molar-refractivity contribution in [2.45, 2.75) is 6.92 Å². The molecule has 2 aromatic carbocycles. The summed E-state index contributed by atoms with van der Waals surface area (Å²) in [6.07, 6.45) is 1.72. The average Bonchev–Trinajstić information content (AvgIpc) is 3.01. The smallest absolute Gasteiger partial charge is 0.338 e. The molecule has 1 aliphatic rings. The molecule has 150 valence electrons. The lowest BCUT2D eigenvalue weighted by atomic mass is 10.1. The number of thiocarbonyl (C=S) groups is 1. The Morgan fingerprint density at radius 1 is 1.17 bits per heavy atom. The van der Waals surface area contributed by atoms with Gasteiger partial charge in [0.2, 0.25) is 0 Å². The molecule has 0 unspecified atom stereocenters. The van der Waals surface area contributed by atoms with Crippen LogP contribution in [-0.2, 0) is 9.53 Å². The van der Waals surface area contributed by atoms with Gasteiger partial charge in [0.25, 0.3) is 5.91 Å². The van der Waals surface area contributed by atoms with E-state index in [0.29, 0.717) is 37.5 Å². The van der Waals surface area contributed by atoms with E-state index in [-0.39, 0.29) is 12.5 Å². The fourth-order valence-electron chi connectivity index (χ4n) is 2.77. The highest BCUT2D eigenvalue weighted by Crippen LogP contribution is 2.38. The number of thioether (sulfide) groups is 1. The first-order valence-electron chi connectivity index (χ1n) is 8.75. The van der Waals surface area contributed by atoms with Crippen molar-refractivity contribution in [3.63, 3.8) is 0 Å². The van der Waals surface area contributed by atoms with Crippen LogP contribution < -0.4 is 14.4 Å². The number of ether oxygens (including phenoxy) is 3. The van der Waals surface area contributed by atoms with Crippen LogP contribution in [-0.4, -0.2) is 37.0 Å². The predicted molar refractivity (Wildman–Crippen MR) is 118 cm³/mol. The molecule has 1 heterocycles. The first kappa shape index (κ1) is 20.9. The Morgan fingerprint density at radius 3 is 2.66 bits per heavy atom. The van der Waals surface area contributed by atoms with Gasteiger partial charge in [-0.05, 0) is 49.4 Å². The lowest BCUT2D eigenvalue weighted by Crippen LogP contribution is -2.27. The Morgan fingerprint density at radius 2 is 1.97 bits per heavy atom. The summed E-state index contributed by atoms with van der Waals surface area (Å²) < 4.78 is 16.0. The van der Waals surface area contributed by atoms with E-state index in [4.69, 9.17) is 26.4 Å². The third-order valence-corrected chi connectivity index (χ3v) is 5.43. The monoisotopic (exact) mass is 429 g/mol. The van der Waals surface area contributed by atoms with Gasteiger partial charge >= 0.3 is 5.97 Å². The fraction of sp³-hybridized carbons (Fsp3) is 0.190. The number of methoxy groups -OCH3 is 2. The van der Waals surface area contributed by atoms with Crippen molar-refractivity contribution in [1.29, 1.82) is 0 Å². The maximum absolute atomic E-state index is 13.0. The lowest BCUT2D eigenvalue weighted by molar-refractivity contribution is -0.113. The van der Waals surface area contributed by atoms with Gasteiger partial charge in [0.15, 0.2) is 4.32 Å². The van der Waals surface area contributed by atoms with Gasteiger partial charge in [-0.15, -0.1) is 0 Å². The van der Waals surface area contributed by atoms with Gasteiger partial charge in [-0.25, -0.2) is 4.79 Å². The van der Waals surface area contributed by atoms with Crippen molar-refractivity contribution in [3.8, 4) is 11.5 Å². The van der Waals surface area contributed by atoms with Gasteiger partial charge in [-0.2, -0.15) is 0 Å². The first-order valence-corrected chi connectivity index (χ1v) is 9.98. The molecule has 0 radical (unpaired) electrons. The molecule has 1 fully saturated rings. The number of hydrogen-bond acceptors (Lipinski definition) is 7. The molecule has 0 aromatic heterocycles. The minimum Gasteiger partial charge on any atom is -0.497 e. The highest BCUT2D eigenvalue weighted by atomic mass is 32.2. The number of hydrogen-bond donors (Lipinski definition) is 0. The number of rotatable bonds is 6. The van der Waals surface area contributed by atoms with Gasteiger partial charge in [-0.3, -0.25) is 9.69 Å². The van der Waals surface area contributed by atoms with E-state index in [2.05, 4.69) is 0 Å². The SMILES string of the molecule is CCOC(=O)c1cccc(N2C(=O)C(=Cc3cc(OC)ccc3OC)SC2=S)c1. The Hall–Kier alpha value is -2.84. The number of carbonyl (C=O) groups is 2. The number of esters is 1. The highest BCUT2D eigenvalue weighted by Gasteiger charge is 2.34. The number of benzene rings is 2. The fourth-order valence-corrected chi connectivity index (χ4v) is 4.06. The molecular weight excluding hydrogens is 410 g/mol. The Kier molecular flexibility index (Phi) is 6.56. The highest BCUT2D eigenvalue weighted by molar-refractivity contribution is 8.27. The zero-order valence-corrected chi connectivity index (χ0v) is 17.8. The molecule has 0 N–H and O–H groups in total. The second-order valence-electron chi connectivity index (χ2n) is 5.90. The molecule has 1 amide bonds. The van der Waals surface area contributed by atoms with Crippen molar-refractivity contribution < 1.29 is 23.8 Å². The lowest BCUT2D eigenvalue weighted by Gasteiger charge is -2.15. The Labute approximate surface area is 178 Å². The third-order valence-electron chi connectivity index (χ3n) is 4.13. The minimum absolute atomic E-state index is 0.272. The van der Waals surface area contributed by atoms with Crippen molar-refractivity contribution in [1.82, 2.24) is 0 Å². The molecule has 1 saturated heterocycles. The molecular formula is C21H19NO5S2. The number of nitrogens with zero attached hydrogens (tertiary/aromatic N) is 1. The van der Waals surface area contributed by atoms with Crippen LogP contribution in [0.4, 0.5) is 5.69 Å². The summed E-state index contributed by atoms with van der Waals surface area (Å²) in [5, 5.41) is 0. The van der Waals surface area contributed by atoms with Gasteiger partial charge in [-0.1, -0.05) is 30.0 Å². The quantitative estimate of drug-likeness (QED) is 0.386. The topological polar surface area (TPSA) is 65.1 Å². The maximum atomic E-state index is 13.0. The van der Waals surface area contributed by atoms with E-state index in [1.54, 1.807) is 69.7 Å². The minimum atomic E-state index is -0.448. The average molecular weight is 430 g/mol. The summed E-state index contributed by atoms with van der Waals surface area (Å²) in [5.74, 6) is 0.539. The van der Waals surface area contributed by atoms with Crippen molar-refractivity contribution in [2.75, 3.05) is 25.7 Å². The summed E-state index contributed by atoms with van der Waals surface area (Å²) in [6.45, 7) is 2.01. The second kappa shape index (κ2) is 9.11. The zero-order chi connectivity index (χ0) is 21.0. The van der Waals surface area contributed by atoms with Crippen LogP contribution in [0.25, 0.3) is 6.08 Å². The third kappa shape index (κ3) is 4.44. The summed E-state index contributed by atoms with van der Waals surface area (Å²) in [4.78, 5) is 26.9. The molecule has 0 saturated carbocycles. The van der Waals surface area contributed by atoms with Crippen LogP contribution >= 0.6 is 24.0 Å². The zero-order valence-electron chi connectivity index (χ0n) is 16.1. The van der Waals surface area contributed by atoms with Crippen LogP contribution in [0.3, 0.4) is 0 Å². The van der Waals surface area contributed by atoms with Gasteiger partial charge in [0, 0.05) is 5.56 Å². The van der Waals surface area contributed by atoms with Crippen LogP contribution in [0.5, 0.6) is 11.5 Å². The first-order chi connectivity index (χ1) is 14.0. The Bertz CT molecular complexity index is 1000. The molecule has 1 aliphatic heterocycles. The maximum Gasteiger partial charge on any atom is 0.338 e. The molecule has 0 spiro atoms. The van der Waals surface area contributed by atoms with Gasteiger partial charge in [0.05, 0.1) is 37.0 Å². The molecule has 3 rings (SSSR count). The Balaban J connectivity index is 1.94. The summed E-state index contributed by atoms with van der Waals surface area (Å²) in [6, 6.07) is 12.0. The van der Waals surface area contributed by atoms with E-state index in [1.165, 1.54) is 16.7 Å². The van der Waals surface area contributed by atoms with E-state index < -0.39 is 5.97 Å². The van der Waals surface area contributed by atoms with Crippen molar-refractivity contribution in [2.24, 2.45) is 0 Å². The predicted octanol–water partition coefficient (Wildman–Crippen LogP) is 4.29. The number of amides is 1. The van der Waals surface area contributed by atoms with E-state index in [1.807, 2.05) is 0 Å². The van der Waals surface area contributed by atoms with Crippen molar-refractivity contribution >= 4 is 51.9 Å². The molecule has 29 heavy (non-hydrogen) atoms. The standard InChI is InChI=1S/C21H19NO5S2/c1-4-27-20(24)13-6-5-7-15(10-13)22-19(23)18(29-21(22)28)12-14-11-16(25-2)8-9-17(14)26-3/h5-12H,4H2,1-3H3. The normalized spacial score (nSPS) is 15.0. The van der Waals surface area contributed by atoms with Crippen LogP contribution in [0.2, 0.25) is 0 Å². The summed E-state index contributed by atoms with van der Waals surface area (Å²) >= 11 is 6.60. The number of carbonyl (C=O) groups excluding carboxylic acids is 2. The number of anilines is 1. The molecule has 0 aliphatic carbocycles. The molecule has 2 aromatic rings. The summed E-state index contributed by atoms with van der Waals surface area (Å²) in [5.41, 5.74) is 1.57. The van der Waals surface area contributed by atoms with Crippen LogP contribution in [0, 0.1) is 0 Å². The van der Waals surface area contributed by atoms with E-state index >= 15 is 0 Å². The van der Waals surface area contributed by atoms with Crippen molar-refractivity contribution in [3.05, 3.63) is 58.5 Å². The molecule has 8 heteroatoms. The summed E-state index contributed by atoms with van der Waals surface area (Å²) in [7, 11) is 3.13. The van der Waals surface area contributed by atoms with Gasteiger partial charge < -0.3 is 14.2 Å². The van der Waals surface area contributed by atoms with E-state index in [0.717, 1.165) is 0 Å². The van der Waals surface area contributed by atoms with Gasteiger partial charge in [0.1, 0.15) is 11.5 Å².